The molecule has 0 aliphatic carbocycles. The third-order valence-corrected chi connectivity index (χ3v) is 2.92. The molecule has 0 bridgehead atoms. The van der Waals surface area contributed by atoms with Crippen LogP contribution in [0, 0.1) is 11.8 Å². The molecule has 0 rings (SSSR count). The maximum Gasteiger partial charge on any atom is 0.130 e. The van der Waals surface area contributed by atoms with Crippen LogP contribution >= 0.6 is 0 Å². The van der Waals surface area contributed by atoms with E-state index in [1.54, 1.807) is 6.92 Å². The Bertz CT molecular complexity index is 149. The number of unbranched alkanes of at least 4 members (excludes halogenated alkanes) is 3. The van der Waals surface area contributed by atoms with Gasteiger partial charge in [-0.05, 0) is 25.2 Å². The highest BCUT2D eigenvalue weighted by Crippen LogP contribution is 2.22. The van der Waals surface area contributed by atoms with Crippen molar-refractivity contribution in [3.05, 3.63) is 0 Å². The zero-order chi connectivity index (χ0) is 11.0. The maximum absolute atomic E-state index is 11.0. The molecule has 0 heterocycles. The molecule has 0 N–H and O–H groups in total. The van der Waals surface area contributed by atoms with E-state index in [0.717, 1.165) is 6.42 Å². The zero-order valence-electron chi connectivity index (χ0n) is 10.3. The van der Waals surface area contributed by atoms with Gasteiger partial charge >= 0.3 is 0 Å². The number of Topliss-reactive ketones (excluding diaryl/α,β-unsaturated/α-hetero) is 1. The Morgan fingerprint density at radius 1 is 1.14 bits per heavy atom. The number of hydrogen-bond donors (Lipinski definition) is 0. The van der Waals surface area contributed by atoms with Gasteiger partial charge in [0.15, 0.2) is 0 Å². The highest BCUT2D eigenvalue weighted by molar-refractivity contribution is 5.75. The summed E-state index contributed by atoms with van der Waals surface area (Å²) in [6.45, 7) is 8.40. The largest absolute Gasteiger partial charge is 0.300 e. The SMILES string of the molecule is CCCCCCC(CC(C)=O)C(C)C. The van der Waals surface area contributed by atoms with Gasteiger partial charge in [-0.2, -0.15) is 0 Å². The number of rotatable bonds is 8. The van der Waals surface area contributed by atoms with Crippen LogP contribution in [0.5, 0.6) is 0 Å². The molecular formula is C13H26O. The van der Waals surface area contributed by atoms with Crippen molar-refractivity contribution >= 4 is 5.78 Å². The van der Waals surface area contributed by atoms with Crippen molar-refractivity contribution in [2.45, 2.75) is 66.2 Å². The molecule has 14 heavy (non-hydrogen) atoms. The molecule has 0 aliphatic heterocycles. The van der Waals surface area contributed by atoms with Crippen LogP contribution in [0.3, 0.4) is 0 Å². The molecule has 0 radical (unpaired) electrons. The summed E-state index contributed by atoms with van der Waals surface area (Å²) < 4.78 is 0. The lowest BCUT2D eigenvalue weighted by Crippen LogP contribution is -2.12. The Hall–Kier alpha value is -0.330. The first-order chi connectivity index (χ1) is 6.57. The molecule has 1 nitrogen and oxygen atoms in total. The van der Waals surface area contributed by atoms with E-state index < -0.39 is 0 Å². The highest BCUT2D eigenvalue weighted by Gasteiger charge is 2.14. The first kappa shape index (κ1) is 13.7. The summed E-state index contributed by atoms with van der Waals surface area (Å²) >= 11 is 0. The number of carbonyl (C=O) groups is 1. The normalized spacial score (nSPS) is 13.2. The molecule has 84 valence electrons. The van der Waals surface area contributed by atoms with Crippen molar-refractivity contribution in [2.75, 3.05) is 0 Å². The molecule has 1 unspecified atom stereocenters. The quantitative estimate of drug-likeness (QED) is 0.534. The minimum Gasteiger partial charge on any atom is -0.300 e. The second-order valence-electron chi connectivity index (χ2n) is 4.76. The number of ketones is 1. The fourth-order valence-corrected chi connectivity index (χ4v) is 1.87. The summed E-state index contributed by atoms with van der Waals surface area (Å²) in [5.41, 5.74) is 0. The Labute approximate surface area is 89.3 Å². The van der Waals surface area contributed by atoms with Crippen molar-refractivity contribution in [2.24, 2.45) is 11.8 Å². The van der Waals surface area contributed by atoms with Crippen LogP contribution in [0.1, 0.15) is 66.2 Å². The van der Waals surface area contributed by atoms with E-state index in [9.17, 15) is 4.79 Å². The molecule has 0 amide bonds. The molecule has 0 fully saturated rings. The first-order valence-corrected chi connectivity index (χ1v) is 6.07. The van der Waals surface area contributed by atoms with Gasteiger partial charge in [-0.1, -0.05) is 46.5 Å². The van der Waals surface area contributed by atoms with E-state index in [-0.39, 0.29) is 0 Å². The van der Waals surface area contributed by atoms with E-state index >= 15 is 0 Å². The molecule has 0 aromatic rings. The Balaban J connectivity index is 3.68. The number of carbonyl (C=O) groups excluding carboxylic acids is 1. The second kappa shape index (κ2) is 8.02. The minimum atomic E-state index is 0.346. The molecule has 0 aromatic heterocycles. The monoisotopic (exact) mass is 198 g/mol. The minimum absolute atomic E-state index is 0.346. The van der Waals surface area contributed by atoms with E-state index in [2.05, 4.69) is 20.8 Å². The van der Waals surface area contributed by atoms with Gasteiger partial charge in [-0.3, -0.25) is 0 Å². The molecule has 1 heteroatoms. The summed E-state index contributed by atoms with van der Waals surface area (Å²) in [6, 6.07) is 0. The lowest BCUT2D eigenvalue weighted by molar-refractivity contribution is -0.118. The average molecular weight is 198 g/mol. The van der Waals surface area contributed by atoms with E-state index in [1.807, 2.05) is 0 Å². The zero-order valence-corrected chi connectivity index (χ0v) is 10.3. The summed E-state index contributed by atoms with van der Waals surface area (Å²) in [6.07, 6.45) is 7.27. The van der Waals surface area contributed by atoms with Crippen LogP contribution in [0.2, 0.25) is 0 Å². The average Bonchev–Trinajstić information content (AvgIpc) is 2.09. The molecular weight excluding hydrogens is 172 g/mol. The van der Waals surface area contributed by atoms with Crippen LogP contribution in [0.4, 0.5) is 0 Å². The van der Waals surface area contributed by atoms with E-state index in [1.165, 1.54) is 32.1 Å². The summed E-state index contributed by atoms with van der Waals surface area (Å²) in [5.74, 6) is 1.61. The van der Waals surface area contributed by atoms with Gasteiger partial charge in [0.25, 0.3) is 0 Å². The van der Waals surface area contributed by atoms with Gasteiger partial charge in [0.05, 0.1) is 0 Å². The van der Waals surface area contributed by atoms with Gasteiger partial charge in [-0.25, -0.2) is 0 Å². The van der Waals surface area contributed by atoms with Crippen molar-refractivity contribution in [3.8, 4) is 0 Å². The molecule has 0 saturated carbocycles. The van der Waals surface area contributed by atoms with Crippen molar-refractivity contribution in [3.63, 3.8) is 0 Å². The van der Waals surface area contributed by atoms with Gasteiger partial charge in [0.2, 0.25) is 0 Å². The summed E-state index contributed by atoms with van der Waals surface area (Å²) in [7, 11) is 0. The summed E-state index contributed by atoms with van der Waals surface area (Å²) in [5, 5.41) is 0. The highest BCUT2D eigenvalue weighted by atomic mass is 16.1. The molecule has 0 aromatic carbocycles. The van der Waals surface area contributed by atoms with Crippen LogP contribution in [0.25, 0.3) is 0 Å². The Morgan fingerprint density at radius 2 is 1.79 bits per heavy atom. The van der Waals surface area contributed by atoms with Gasteiger partial charge in [0.1, 0.15) is 5.78 Å². The predicted octanol–water partition coefficient (Wildman–Crippen LogP) is 4.21. The Kier molecular flexibility index (Phi) is 7.83. The summed E-state index contributed by atoms with van der Waals surface area (Å²) in [4.78, 5) is 11.0. The lowest BCUT2D eigenvalue weighted by Gasteiger charge is -2.19. The van der Waals surface area contributed by atoms with Crippen LogP contribution in [0.15, 0.2) is 0 Å². The van der Waals surface area contributed by atoms with Crippen LogP contribution in [-0.2, 0) is 4.79 Å². The fourth-order valence-electron chi connectivity index (χ4n) is 1.87. The number of hydrogen-bond acceptors (Lipinski definition) is 1. The van der Waals surface area contributed by atoms with Crippen molar-refractivity contribution in [1.29, 1.82) is 0 Å². The smallest absolute Gasteiger partial charge is 0.130 e. The molecule has 0 saturated heterocycles. The van der Waals surface area contributed by atoms with E-state index in [0.29, 0.717) is 17.6 Å². The third kappa shape index (κ3) is 7.11. The topological polar surface area (TPSA) is 17.1 Å². The van der Waals surface area contributed by atoms with Crippen LogP contribution < -0.4 is 0 Å². The van der Waals surface area contributed by atoms with Crippen molar-refractivity contribution in [1.82, 2.24) is 0 Å². The predicted molar refractivity (Wildman–Crippen MR) is 62.4 cm³/mol. The molecule has 1 atom stereocenters. The lowest BCUT2D eigenvalue weighted by atomic mass is 9.86. The van der Waals surface area contributed by atoms with Gasteiger partial charge in [0, 0.05) is 6.42 Å². The molecule has 0 spiro atoms. The van der Waals surface area contributed by atoms with E-state index in [4.69, 9.17) is 0 Å². The van der Waals surface area contributed by atoms with Crippen molar-refractivity contribution < 1.29 is 4.79 Å². The fraction of sp³-hybridized carbons (Fsp3) is 0.923. The standard InChI is InChI=1S/C13H26O/c1-5-6-7-8-9-13(11(2)3)10-12(4)14/h11,13H,5-10H2,1-4H3. The van der Waals surface area contributed by atoms with Crippen LogP contribution in [-0.4, -0.2) is 5.78 Å². The first-order valence-electron chi connectivity index (χ1n) is 6.07. The van der Waals surface area contributed by atoms with Gasteiger partial charge < -0.3 is 4.79 Å². The molecule has 0 aliphatic rings. The Morgan fingerprint density at radius 3 is 2.21 bits per heavy atom. The van der Waals surface area contributed by atoms with Gasteiger partial charge in [-0.15, -0.1) is 0 Å². The maximum atomic E-state index is 11.0. The third-order valence-electron chi connectivity index (χ3n) is 2.92. The second-order valence-corrected chi connectivity index (χ2v) is 4.76.